The van der Waals surface area contributed by atoms with Gasteiger partial charge in [0.05, 0.1) is 0 Å². The van der Waals surface area contributed by atoms with Crippen LogP contribution in [0, 0.1) is 17.1 Å². The Kier molecular flexibility index (Phi) is 2.47. The second kappa shape index (κ2) is 3.79. The second-order valence-corrected chi connectivity index (χ2v) is 3.61. The Bertz CT molecular complexity index is 543. The van der Waals surface area contributed by atoms with Crippen molar-refractivity contribution in [1.82, 2.24) is 15.4 Å². The van der Waals surface area contributed by atoms with Crippen molar-refractivity contribution in [2.24, 2.45) is 0 Å². The predicted molar refractivity (Wildman–Crippen MR) is 54.2 cm³/mol. The first-order chi connectivity index (χ1) is 7.22. The van der Waals surface area contributed by atoms with Gasteiger partial charge in [0, 0.05) is 10.0 Å². The van der Waals surface area contributed by atoms with Crippen molar-refractivity contribution in [1.29, 1.82) is 5.26 Å². The molecule has 0 aliphatic carbocycles. The van der Waals surface area contributed by atoms with E-state index in [0.29, 0.717) is 15.7 Å². The lowest BCUT2D eigenvalue weighted by Crippen LogP contribution is -1.85. The van der Waals surface area contributed by atoms with Gasteiger partial charge in [0.15, 0.2) is 5.69 Å². The number of aromatic nitrogens is 3. The third-order valence-corrected chi connectivity index (χ3v) is 2.50. The van der Waals surface area contributed by atoms with Gasteiger partial charge < -0.3 is 0 Å². The fourth-order valence-corrected chi connectivity index (χ4v) is 1.72. The first-order valence-corrected chi connectivity index (χ1v) is 4.78. The van der Waals surface area contributed by atoms with Crippen LogP contribution in [0.4, 0.5) is 4.39 Å². The molecule has 0 unspecified atom stereocenters. The number of aromatic amines is 1. The molecule has 0 fully saturated rings. The van der Waals surface area contributed by atoms with E-state index >= 15 is 0 Å². The van der Waals surface area contributed by atoms with E-state index in [0.717, 1.165) is 0 Å². The summed E-state index contributed by atoms with van der Waals surface area (Å²) >= 11 is 3.20. The van der Waals surface area contributed by atoms with Crippen LogP contribution in [0.3, 0.4) is 0 Å². The van der Waals surface area contributed by atoms with E-state index < -0.39 is 0 Å². The minimum atomic E-state index is -0.354. The molecular weight excluding hydrogens is 263 g/mol. The lowest BCUT2D eigenvalue weighted by Gasteiger charge is -2.00. The minimum Gasteiger partial charge on any atom is -0.207 e. The summed E-state index contributed by atoms with van der Waals surface area (Å²) in [5.74, 6) is -0.354. The Labute approximate surface area is 92.9 Å². The van der Waals surface area contributed by atoms with Crippen molar-refractivity contribution in [2.75, 3.05) is 0 Å². The normalized spacial score (nSPS) is 9.93. The molecule has 0 aliphatic heterocycles. The maximum Gasteiger partial charge on any atom is 0.190 e. The van der Waals surface area contributed by atoms with Crippen LogP contribution in [0.15, 0.2) is 22.7 Å². The third kappa shape index (κ3) is 1.74. The highest BCUT2D eigenvalue weighted by atomic mass is 79.9. The maximum absolute atomic E-state index is 12.8. The van der Waals surface area contributed by atoms with Gasteiger partial charge in [-0.15, -0.1) is 5.10 Å². The summed E-state index contributed by atoms with van der Waals surface area (Å²) in [5.41, 5.74) is 1.22. The number of rotatable bonds is 1. The summed E-state index contributed by atoms with van der Waals surface area (Å²) in [6, 6.07) is 6.05. The van der Waals surface area contributed by atoms with Crippen molar-refractivity contribution in [3.05, 3.63) is 34.2 Å². The van der Waals surface area contributed by atoms with E-state index in [2.05, 4.69) is 31.3 Å². The molecule has 0 radical (unpaired) electrons. The van der Waals surface area contributed by atoms with Gasteiger partial charge >= 0.3 is 0 Å². The van der Waals surface area contributed by atoms with Crippen LogP contribution in [0.5, 0.6) is 0 Å². The summed E-state index contributed by atoms with van der Waals surface area (Å²) < 4.78 is 13.4. The van der Waals surface area contributed by atoms with Gasteiger partial charge in [0.25, 0.3) is 0 Å². The Morgan fingerprint density at radius 3 is 2.87 bits per heavy atom. The average Bonchev–Trinajstić information content (AvgIpc) is 2.65. The number of hydrogen-bond acceptors (Lipinski definition) is 3. The Morgan fingerprint density at radius 1 is 1.40 bits per heavy atom. The monoisotopic (exact) mass is 266 g/mol. The molecule has 15 heavy (non-hydrogen) atoms. The number of nitrogens with zero attached hydrogens (tertiary/aromatic N) is 3. The van der Waals surface area contributed by atoms with Gasteiger partial charge in [0.1, 0.15) is 17.6 Å². The molecule has 2 rings (SSSR count). The van der Waals surface area contributed by atoms with Crippen molar-refractivity contribution in [3.8, 4) is 17.3 Å². The number of hydrogen-bond donors (Lipinski definition) is 1. The first-order valence-electron chi connectivity index (χ1n) is 3.98. The number of H-pyrrole nitrogens is 1. The van der Waals surface area contributed by atoms with Crippen LogP contribution in [0.2, 0.25) is 0 Å². The van der Waals surface area contributed by atoms with Crippen LogP contribution in [0.25, 0.3) is 11.3 Å². The van der Waals surface area contributed by atoms with E-state index in [1.165, 1.54) is 18.2 Å². The van der Waals surface area contributed by atoms with Crippen LogP contribution < -0.4 is 0 Å². The zero-order valence-electron chi connectivity index (χ0n) is 7.33. The zero-order valence-corrected chi connectivity index (χ0v) is 8.92. The molecule has 1 aromatic carbocycles. The van der Waals surface area contributed by atoms with Gasteiger partial charge in [-0.1, -0.05) is 0 Å². The van der Waals surface area contributed by atoms with Crippen molar-refractivity contribution < 1.29 is 4.39 Å². The lowest BCUT2D eigenvalue weighted by molar-refractivity contribution is 0.627. The smallest absolute Gasteiger partial charge is 0.190 e. The molecule has 0 saturated carbocycles. The molecule has 0 saturated heterocycles. The fraction of sp³-hybridized carbons (Fsp3) is 0. The maximum atomic E-state index is 12.8. The Balaban J connectivity index is 2.60. The molecule has 74 valence electrons. The Hall–Kier alpha value is -1.74. The number of nitrogens with one attached hydrogen (secondary N) is 1. The minimum absolute atomic E-state index is 0.183. The molecule has 0 spiro atoms. The van der Waals surface area contributed by atoms with E-state index in [1.807, 2.05) is 6.07 Å². The summed E-state index contributed by atoms with van der Waals surface area (Å²) in [4.78, 5) is 0. The SMILES string of the molecule is N#Cc1n[nH]nc1-c1ccc(F)cc1Br. The number of nitriles is 1. The molecule has 0 amide bonds. The van der Waals surface area contributed by atoms with Crippen LogP contribution in [-0.4, -0.2) is 15.4 Å². The third-order valence-electron chi connectivity index (χ3n) is 1.84. The highest BCUT2D eigenvalue weighted by molar-refractivity contribution is 9.10. The van der Waals surface area contributed by atoms with Gasteiger partial charge in [-0.25, -0.2) is 4.39 Å². The van der Waals surface area contributed by atoms with Gasteiger partial charge in [-0.05, 0) is 34.1 Å². The van der Waals surface area contributed by atoms with Gasteiger partial charge in [-0.2, -0.15) is 15.6 Å². The molecule has 0 bridgehead atoms. The van der Waals surface area contributed by atoms with E-state index in [4.69, 9.17) is 5.26 Å². The molecule has 6 heteroatoms. The predicted octanol–water partition coefficient (Wildman–Crippen LogP) is 2.24. The molecule has 0 aliphatic rings. The van der Waals surface area contributed by atoms with Gasteiger partial charge in [0.2, 0.25) is 0 Å². The molecule has 2 aromatic rings. The highest BCUT2D eigenvalue weighted by Crippen LogP contribution is 2.28. The van der Waals surface area contributed by atoms with E-state index in [1.54, 1.807) is 0 Å². The summed E-state index contributed by atoms with van der Waals surface area (Å²) in [6.45, 7) is 0. The van der Waals surface area contributed by atoms with Crippen LogP contribution in [0.1, 0.15) is 5.69 Å². The second-order valence-electron chi connectivity index (χ2n) is 2.76. The molecule has 4 nitrogen and oxygen atoms in total. The van der Waals surface area contributed by atoms with Crippen molar-refractivity contribution in [3.63, 3.8) is 0 Å². The van der Waals surface area contributed by atoms with E-state index in [-0.39, 0.29) is 11.5 Å². The van der Waals surface area contributed by atoms with Crippen molar-refractivity contribution >= 4 is 15.9 Å². The molecule has 0 atom stereocenters. The topological polar surface area (TPSA) is 65.4 Å². The number of benzene rings is 1. The summed E-state index contributed by atoms with van der Waals surface area (Å²) in [6.07, 6.45) is 0. The van der Waals surface area contributed by atoms with Gasteiger partial charge in [-0.3, -0.25) is 0 Å². The first kappa shape index (κ1) is 9.80. The Morgan fingerprint density at radius 2 is 2.20 bits per heavy atom. The van der Waals surface area contributed by atoms with E-state index in [9.17, 15) is 4.39 Å². The largest absolute Gasteiger partial charge is 0.207 e. The molecular formula is C9H4BrFN4. The molecule has 1 N–H and O–H groups in total. The van der Waals surface area contributed by atoms with Crippen molar-refractivity contribution in [2.45, 2.75) is 0 Å². The lowest BCUT2D eigenvalue weighted by atomic mass is 10.1. The summed E-state index contributed by atoms with van der Waals surface area (Å²) in [5, 5.41) is 18.6. The van der Waals surface area contributed by atoms with Crippen LogP contribution >= 0.6 is 15.9 Å². The zero-order chi connectivity index (χ0) is 10.8. The standard InChI is InChI=1S/C9H4BrFN4/c10-7-3-5(11)1-2-6(7)9-8(4-12)13-15-14-9/h1-3H,(H,13,14,15). The van der Waals surface area contributed by atoms with Crippen LogP contribution in [-0.2, 0) is 0 Å². The average molecular weight is 267 g/mol. The number of halogens is 2. The highest BCUT2D eigenvalue weighted by Gasteiger charge is 2.12. The molecule has 1 heterocycles. The summed E-state index contributed by atoms with van der Waals surface area (Å²) in [7, 11) is 0. The fourth-order valence-electron chi connectivity index (χ4n) is 1.18. The molecule has 1 aromatic heterocycles. The quantitative estimate of drug-likeness (QED) is 0.861.